The predicted molar refractivity (Wildman–Crippen MR) is 35.5 cm³/mol. The molecule has 0 radical (unpaired) electrons. The van der Waals surface area contributed by atoms with Crippen LogP contribution in [0.1, 0.15) is 5.69 Å². The lowest BCUT2D eigenvalue weighted by Crippen LogP contribution is -1.94. The van der Waals surface area contributed by atoms with Crippen molar-refractivity contribution in [2.24, 2.45) is 0 Å². The summed E-state index contributed by atoms with van der Waals surface area (Å²) in [6.07, 6.45) is 4.65. The molecule has 2 heterocycles. The van der Waals surface area contributed by atoms with Crippen LogP contribution in [0.5, 0.6) is 0 Å². The molecule has 0 amide bonds. The van der Waals surface area contributed by atoms with Crippen LogP contribution in [0.4, 0.5) is 0 Å². The van der Waals surface area contributed by atoms with E-state index in [2.05, 4.69) is 15.1 Å². The molecule has 52 valence electrons. The van der Waals surface area contributed by atoms with Gasteiger partial charge in [-0.25, -0.2) is 9.50 Å². The lowest BCUT2D eigenvalue weighted by atomic mass is 10.5. The van der Waals surface area contributed by atoms with Crippen molar-refractivity contribution in [2.75, 3.05) is 0 Å². The smallest absolute Gasteiger partial charge is 0.218 e. The standard InChI is InChI=1S/C6H3N5/c7-3-5-4-9-11-2-1-8-6(11)10-5/h1-2,4H. The molecule has 0 aliphatic heterocycles. The molecule has 2 aromatic heterocycles. The maximum absolute atomic E-state index is 8.45. The minimum Gasteiger partial charge on any atom is -0.218 e. The number of nitrogens with zero attached hydrogens (tertiary/aromatic N) is 5. The van der Waals surface area contributed by atoms with E-state index in [1.807, 2.05) is 6.07 Å². The van der Waals surface area contributed by atoms with Crippen molar-refractivity contribution >= 4 is 5.78 Å². The monoisotopic (exact) mass is 145 g/mol. The number of aromatic nitrogens is 4. The van der Waals surface area contributed by atoms with E-state index in [9.17, 15) is 0 Å². The lowest BCUT2D eigenvalue weighted by Gasteiger charge is -1.88. The second kappa shape index (κ2) is 2.02. The minimum absolute atomic E-state index is 0.281. The molecule has 5 heteroatoms. The molecule has 0 aliphatic carbocycles. The van der Waals surface area contributed by atoms with E-state index in [1.165, 1.54) is 10.7 Å². The van der Waals surface area contributed by atoms with E-state index in [0.29, 0.717) is 5.78 Å². The van der Waals surface area contributed by atoms with Crippen molar-refractivity contribution in [1.29, 1.82) is 5.26 Å². The van der Waals surface area contributed by atoms with Gasteiger partial charge >= 0.3 is 0 Å². The summed E-state index contributed by atoms with van der Waals surface area (Å²) in [5, 5.41) is 12.3. The summed E-state index contributed by atoms with van der Waals surface area (Å²) in [5.41, 5.74) is 0.281. The Labute approximate surface area is 61.9 Å². The Balaban J connectivity index is 2.79. The van der Waals surface area contributed by atoms with Crippen LogP contribution in [0.3, 0.4) is 0 Å². The fourth-order valence-corrected chi connectivity index (χ4v) is 0.767. The summed E-state index contributed by atoms with van der Waals surface area (Å²) in [6, 6.07) is 1.88. The van der Waals surface area contributed by atoms with Gasteiger partial charge in [-0.05, 0) is 0 Å². The Morgan fingerprint density at radius 3 is 3.27 bits per heavy atom. The molecule has 0 bridgehead atoms. The first kappa shape index (κ1) is 5.80. The lowest BCUT2D eigenvalue weighted by molar-refractivity contribution is 0.895. The molecule has 2 aromatic rings. The summed E-state index contributed by atoms with van der Waals surface area (Å²) in [5.74, 6) is 0.448. The molecule has 0 saturated heterocycles. The summed E-state index contributed by atoms with van der Waals surface area (Å²) in [4.78, 5) is 7.75. The predicted octanol–water partition coefficient (Wildman–Crippen LogP) is -0.00402. The van der Waals surface area contributed by atoms with Crippen LogP contribution < -0.4 is 0 Å². The van der Waals surface area contributed by atoms with Gasteiger partial charge in [0.2, 0.25) is 0 Å². The highest BCUT2D eigenvalue weighted by Crippen LogP contribution is 1.94. The van der Waals surface area contributed by atoms with Gasteiger partial charge in [0, 0.05) is 6.20 Å². The number of nitriles is 1. The summed E-state index contributed by atoms with van der Waals surface area (Å²) in [6.45, 7) is 0. The van der Waals surface area contributed by atoms with Gasteiger partial charge in [0.15, 0.2) is 5.69 Å². The molecule has 5 nitrogen and oxygen atoms in total. The van der Waals surface area contributed by atoms with E-state index in [-0.39, 0.29) is 5.69 Å². The summed E-state index contributed by atoms with van der Waals surface area (Å²) >= 11 is 0. The van der Waals surface area contributed by atoms with E-state index < -0.39 is 0 Å². The van der Waals surface area contributed by atoms with Crippen LogP contribution in [-0.2, 0) is 0 Å². The highest BCUT2D eigenvalue weighted by atomic mass is 15.3. The van der Waals surface area contributed by atoms with Crippen molar-refractivity contribution in [3.05, 3.63) is 24.3 Å². The van der Waals surface area contributed by atoms with Crippen LogP contribution in [0.25, 0.3) is 5.78 Å². The average molecular weight is 145 g/mol. The highest BCUT2D eigenvalue weighted by molar-refractivity contribution is 5.29. The summed E-state index contributed by atoms with van der Waals surface area (Å²) in [7, 11) is 0. The Hall–Kier alpha value is -1.96. The van der Waals surface area contributed by atoms with E-state index in [1.54, 1.807) is 12.4 Å². The Kier molecular flexibility index (Phi) is 1.07. The van der Waals surface area contributed by atoms with Gasteiger partial charge in [-0.2, -0.15) is 15.3 Å². The normalized spacial score (nSPS) is 9.73. The third-order valence-corrected chi connectivity index (χ3v) is 1.24. The van der Waals surface area contributed by atoms with Gasteiger partial charge in [0.1, 0.15) is 6.07 Å². The topological polar surface area (TPSA) is 66.9 Å². The van der Waals surface area contributed by atoms with Crippen molar-refractivity contribution < 1.29 is 0 Å². The molecule has 0 spiro atoms. The van der Waals surface area contributed by atoms with Gasteiger partial charge in [0.25, 0.3) is 5.78 Å². The number of imidazole rings is 1. The van der Waals surface area contributed by atoms with E-state index in [0.717, 1.165) is 0 Å². The van der Waals surface area contributed by atoms with Crippen LogP contribution >= 0.6 is 0 Å². The zero-order chi connectivity index (χ0) is 7.68. The molecule has 0 N–H and O–H groups in total. The van der Waals surface area contributed by atoms with Crippen LogP contribution in [0.15, 0.2) is 18.6 Å². The van der Waals surface area contributed by atoms with Gasteiger partial charge in [0.05, 0.1) is 12.4 Å². The molecular formula is C6H3N5. The van der Waals surface area contributed by atoms with Gasteiger partial charge in [-0.1, -0.05) is 0 Å². The maximum Gasteiger partial charge on any atom is 0.251 e. The van der Waals surface area contributed by atoms with E-state index in [4.69, 9.17) is 5.26 Å². The molecule has 0 saturated carbocycles. The third kappa shape index (κ3) is 0.809. The molecule has 11 heavy (non-hydrogen) atoms. The van der Waals surface area contributed by atoms with Crippen LogP contribution in [-0.4, -0.2) is 19.6 Å². The Morgan fingerprint density at radius 2 is 2.45 bits per heavy atom. The first-order chi connectivity index (χ1) is 5.40. The molecule has 0 fully saturated rings. The SMILES string of the molecule is N#Cc1cnn2ccnc2n1. The van der Waals surface area contributed by atoms with Gasteiger partial charge in [-0.3, -0.25) is 0 Å². The van der Waals surface area contributed by atoms with Crippen molar-refractivity contribution in [2.45, 2.75) is 0 Å². The number of fused-ring (bicyclic) bond motifs is 1. The number of hydrogen-bond acceptors (Lipinski definition) is 4. The molecule has 0 unspecified atom stereocenters. The first-order valence-corrected chi connectivity index (χ1v) is 2.96. The fraction of sp³-hybridized carbons (Fsp3) is 0. The maximum atomic E-state index is 8.45. The van der Waals surface area contributed by atoms with Crippen molar-refractivity contribution in [3.63, 3.8) is 0 Å². The molecular weight excluding hydrogens is 142 g/mol. The zero-order valence-electron chi connectivity index (χ0n) is 5.47. The minimum atomic E-state index is 0.281. The molecule has 0 atom stereocenters. The number of rotatable bonds is 0. The van der Waals surface area contributed by atoms with Crippen molar-refractivity contribution in [3.8, 4) is 6.07 Å². The number of hydrogen-bond donors (Lipinski definition) is 0. The molecule has 0 aromatic carbocycles. The van der Waals surface area contributed by atoms with Crippen LogP contribution in [0.2, 0.25) is 0 Å². The first-order valence-electron chi connectivity index (χ1n) is 2.96. The quantitative estimate of drug-likeness (QED) is 0.523. The second-order valence-electron chi connectivity index (χ2n) is 1.93. The van der Waals surface area contributed by atoms with Crippen LogP contribution in [0, 0.1) is 11.3 Å². The average Bonchev–Trinajstić information content (AvgIpc) is 2.50. The summed E-state index contributed by atoms with van der Waals surface area (Å²) < 4.78 is 1.50. The largest absolute Gasteiger partial charge is 0.251 e. The highest BCUT2D eigenvalue weighted by Gasteiger charge is 1.96. The van der Waals surface area contributed by atoms with Gasteiger partial charge < -0.3 is 0 Å². The Morgan fingerprint density at radius 1 is 1.55 bits per heavy atom. The third-order valence-electron chi connectivity index (χ3n) is 1.24. The zero-order valence-corrected chi connectivity index (χ0v) is 5.47. The Bertz CT molecular complexity index is 424. The fourth-order valence-electron chi connectivity index (χ4n) is 0.767. The molecule has 0 aliphatic rings. The second-order valence-corrected chi connectivity index (χ2v) is 1.93. The van der Waals surface area contributed by atoms with E-state index >= 15 is 0 Å². The van der Waals surface area contributed by atoms with Gasteiger partial charge in [-0.15, -0.1) is 0 Å². The van der Waals surface area contributed by atoms with Crippen molar-refractivity contribution in [1.82, 2.24) is 19.6 Å². The molecule has 2 rings (SSSR count).